The molecule has 0 aliphatic heterocycles. The molecule has 0 saturated heterocycles. The molecule has 190 valence electrons. The van der Waals surface area contributed by atoms with Gasteiger partial charge in [-0.3, -0.25) is 4.79 Å². The van der Waals surface area contributed by atoms with Crippen LogP contribution in [-0.2, 0) is 16.1 Å². The molecule has 0 bridgehead atoms. The topological polar surface area (TPSA) is 88.5 Å². The quantitative estimate of drug-likeness (QED) is 0.336. The van der Waals surface area contributed by atoms with Crippen LogP contribution in [0.1, 0.15) is 5.56 Å². The molecule has 0 spiro atoms. The van der Waals surface area contributed by atoms with E-state index in [9.17, 15) is 14.0 Å². The van der Waals surface area contributed by atoms with Crippen molar-refractivity contribution in [1.29, 1.82) is 0 Å². The van der Waals surface area contributed by atoms with E-state index >= 15 is 0 Å². The van der Waals surface area contributed by atoms with E-state index in [-0.39, 0.29) is 31.5 Å². The smallest absolute Gasteiger partial charge is 0.318 e. The molecule has 0 aliphatic rings. The predicted octanol–water partition coefficient (Wildman–Crippen LogP) is 4.48. The zero-order chi connectivity index (χ0) is 26.0. The number of hydrogen-bond acceptors (Lipinski definition) is 4. The van der Waals surface area contributed by atoms with E-state index < -0.39 is 5.91 Å². The molecule has 2 N–H and O–H groups in total. The SMILES string of the molecule is COCCN(CC(=O)Nc1cc(-c2ccccc2)nn1-c1ccc(F)cc1)C(=O)NCc1ccccc1. The van der Waals surface area contributed by atoms with Crippen LogP contribution < -0.4 is 10.6 Å². The molecule has 0 aliphatic carbocycles. The van der Waals surface area contributed by atoms with Crippen molar-refractivity contribution in [2.24, 2.45) is 0 Å². The summed E-state index contributed by atoms with van der Waals surface area (Å²) in [4.78, 5) is 27.3. The van der Waals surface area contributed by atoms with Crippen molar-refractivity contribution in [1.82, 2.24) is 20.0 Å². The molecule has 8 nitrogen and oxygen atoms in total. The summed E-state index contributed by atoms with van der Waals surface area (Å²) in [6, 6.07) is 26.2. The van der Waals surface area contributed by atoms with Crippen molar-refractivity contribution in [3.05, 3.63) is 102 Å². The van der Waals surface area contributed by atoms with Gasteiger partial charge in [-0.15, -0.1) is 0 Å². The zero-order valence-electron chi connectivity index (χ0n) is 20.4. The Hall–Kier alpha value is -4.50. The number of rotatable bonds is 10. The van der Waals surface area contributed by atoms with Gasteiger partial charge in [-0.1, -0.05) is 60.7 Å². The van der Waals surface area contributed by atoms with E-state index in [1.807, 2.05) is 60.7 Å². The Labute approximate surface area is 214 Å². The highest BCUT2D eigenvalue weighted by atomic mass is 19.1. The molecule has 37 heavy (non-hydrogen) atoms. The molecule has 4 aromatic rings. The summed E-state index contributed by atoms with van der Waals surface area (Å²) in [5.41, 5.74) is 3.03. The minimum atomic E-state index is -0.408. The fraction of sp³-hybridized carbons (Fsp3) is 0.179. The van der Waals surface area contributed by atoms with Crippen molar-refractivity contribution in [3.63, 3.8) is 0 Å². The first kappa shape index (κ1) is 25.6. The van der Waals surface area contributed by atoms with Gasteiger partial charge in [-0.05, 0) is 29.8 Å². The molecule has 3 aromatic carbocycles. The number of amides is 3. The fourth-order valence-corrected chi connectivity index (χ4v) is 3.69. The van der Waals surface area contributed by atoms with E-state index in [4.69, 9.17) is 4.74 Å². The van der Waals surface area contributed by atoms with Gasteiger partial charge in [0.05, 0.1) is 18.0 Å². The third kappa shape index (κ3) is 7.02. The lowest BCUT2D eigenvalue weighted by atomic mass is 10.1. The predicted molar refractivity (Wildman–Crippen MR) is 140 cm³/mol. The molecule has 4 rings (SSSR count). The maximum absolute atomic E-state index is 13.5. The molecule has 1 heterocycles. The van der Waals surface area contributed by atoms with E-state index in [0.29, 0.717) is 23.7 Å². The minimum Gasteiger partial charge on any atom is -0.383 e. The number of halogens is 1. The lowest BCUT2D eigenvalue weighted by Crippen LogP contribution is -2.45. The van der Waals surface area contributed by atoms with Gasteiger partial charge in [-0.2, -0.15) is 5.10 Å². The lowest BCUT2D eigenvalue weighted by Gasteiger charge is -2.22. The van der Waals surface area contributed by atoms with Crippen LogP contribution in [0.2, 0.25) is 0 Å². The summed E-state index contributed by atoms with van der Waals surface area (Å²) in [7, 11) is 1.53. The summed E-state index contributed by atoms with van der Waals surface area (Å²) < 4.78 is 20.2. The van der Waals surface area contributed by atoms with E-state index in [1.165, 1.54) is 28.8 Å². The van der Waals surface area contributed by atoms with Crippen LogP contribution in [0.25, 0.3) is 16.9 Å². The monoisotopic (exact) mass is 501 g/mol. The average Bonchev–Trinajstić information content (AvgIpc) is 3.34. The highest BCUT2D eigenvalue weighted by Gasteiger charge is 2.19. The number of ether oxygens (including phenoxy) is 1. The summed E-state index contributed by atoms with van der Waals surface area (Å²) >= 11 is 0. The Morgan fingerprint density at radius 3 is 2.32 bits per heavy atom. The summed E-state index contributed by atoms with van der Waals surface area (Å²) in [6.07, 6.45) is 0. The van der Waals surface area contributed by atoms with Crippen LogP contribution in [-0.4, -0.2) is 53.4 Å². The number of benzene rings is 3. The number of methoxy groups -OCH3 is 1. The number of carbonyl (C=O) groups excluding carboxylic acids is 2. The first-order valence-corrected chi connectivity index (χ1v) is 11.8. The van der Waals surface area contributed by atoms with Crippen molar-refractivity contribution in [3.8, 4) is 16.9 Å². The molecule has 0 fully saturated rings. The second-order valence-corrected chi connectivity index (χ2v) is 8.28. The van der Waals surface area contributed by atoms with Crippen molar-refractivity contribution in [2.75, 3.05) is 32.1 Å². The van der Waals surface area contributed by atoms with Crippen molar-refractivity contribution in [2.45, 2.75) is 6.54 Å². The molecular weight excluding hydrogens is 473 g/mol. The standard InChI is InChI=1S/C28H28FN5O3/c1-37-17-16-33(28(36)30-19-21-8-4-2-5-9-21)20-27(35)31-26-18-25(22-10-6-3-7-11-22)32-34(26)24-14-12-23(29)13-15-24/h2-15,18H,16-17,19-20H2,1H3,(H,30,36)(H,31,35). The Morgan fingerprint density at radius 1 is 0.973 bits per heavy atom. The van der Waals surface area contributed by atoms with E-state index in [1.54, 1.807) is 18.2 Å². The largest absolute Gasteiger partial charge is 0.383 e. The molecule has 9 heteroatoms. The summed E-state index contributed by atoms with van der Waals surface area (Å²) in [5.74, 6) is -0.388. The van der Waals surface area contributed by atoms with Crippen LogP contribution in [0.3, 0.4) is 0 Å². The number of aromatic nitrogens is 2. The van der Waals surface area contributed by atoms with Gasteiger partial charge in [0.25, 0.3) is 0 Å². The first-order chi connectivity index (χ1) is 18.0. The number of urea groups is 1. The molecule has 3 amide bonds. The first-order valence-electron chi connectivity index (χ1n) is 11.8. The molecular formula is C28H28FN5O3. The maximum atomic E-state index is 13.5. The van der Waals surface area contributed by atoms with E-state index in [0.717, 1.165) is 11.1 Å². The van der Waals surface area contributed by atoms with Crippen LogP contribution in [0.4, 0.5) is 15.0 Å². The number of nitrogens with one attached hydrogen (secondary N) is 2. The van der Waals surface area contributed by atoms with Crippen LogP contribution in [0, 0.1) is 5.82 Å². The Morgan fingerprint density at radius 2 is 1.65 bits per heavy atom. The van der Waals surface area contributed by atoms with Gasteiger partial charge in [0, 0.05) is 31.8 Å². The zero-order valence-corrected chi connectivity index (χ0v) is 20.4. The Kier molecular flexibility index (Phi) is 8.62. The van der Waals surface area contributed by atoms with Gasteiger partial charge in [0.1, 0.15) is 18.2 Å². The molecule has 0 saturated carbocycles. The lowest BCUT2D eigenvalue weighted by molar-refractivity contribution is -0.116. The fourth-order valence-electron chi connectivity index (χ4n) is 3.69. The second-order valence-electron chi connectivity index (χ2n) is 8.28. The van der Waals surface area contributed by atoms with Crippen molar-refractivity contribution >= 4 is 17.8 Å². The number of nitrogens with zero attached hydrogens (tertiary/aromatic N) is 3. The maximum Gasteiger partial charge on any atom is 0.318 e. The number of hydrogen-bond donors (Lipinski definition) is 2. The van der Waals surface area contributed by atoms with Gasteiger partial charge >= 0.3 is 6.03 Å². The van der Waals surface area contributed by atoms with Crippen LogP contribution >= 0.6 is 0 Å². The molecule has 1 aromatic heterocycles. The number of anilines is 1. The van der Waals surface area contributed by atoms with Crippen molar-refractivity contribution < 1.29 is 18.7 Å². The second kappa shape index (κ2) is 12.5. The van der Waals surface area contributed by atoms with E-state index in [2.05, 4.69) is 15.7 Å². The number of carbonyl (C=O) groups is 2. The molecule has 0 unspecified atom stereocenters. The van der Waals surface area contributed by atoms with Gasteiger partial charge in [0.15, 0.2) is 0 Å². The average molecular weight is 502 g/mol. The summed E-state index contributed by atoms with van der Waals surface area (Å²) in [5, 5.41) is 10.3. The van der Waals surface area contributed by atoms with Gasteiger partial charge in [-0.25, -0.2) is 13.9 Å². The third-order valence-corrected chi connectivity index (χ3v) is 5.59. The normalized spacial score (nSPS) is 10.6. The van der Waals surface area contributed by atoms with Gasteiger partial charge in [0.2, 0.25) is 5.91 Å². The third-order valence-electron chi connectivity index (χ3n) is 5.59. The van der Waals surface area contributed by atoms with Crippen LogP contribution in [0.5, 0.6) is 0 Å². The minimum absolute atomic E-state index is 0.195. The Balaban J connectivity index is 1.51. The van der Waals surface area contributed by atoms with Crippen LogP contribution in [0.15, 0.2) is 91.0 Å². The highest BCUT2D eigenvalue weighted by molar-refractivity contribution is 5.94. The molecule has 0 atom stereocenters. The van der Waals surface area contributed by atoms with Gasteiger partial charge < -0.3 is 20.3 Å². The highest BCUT2D eigenvalue weighted by Crippen LogP contribution is 2.25. The Bertz CT molecular complexity index is 1310. The summed E-state index contributed by atoms with van der Waals surface area (Å²) in [6.45, 7) is 0.649. The molecule has 0 radical (unpaired) electrons.